The maximum atomic E-state index is 12.9. The molecule has 0 saturated carbocycles. The number of amides is 2. The molecule has 4 rings (SSSR count). The monoisotopic (exact) mass is 393 g/mol. The van der Waals surface area contributed by atoms with Crippen LogP contribution in [0.2, 0.25) is 0 Å². The number of benzene rings is 1. The molecule has 152 valence electrons. The average molecular weight is 393 g/mol. The van der Waals surface area contributed by atoms with Gasteiger partial charge >= 0.3 is 0 Å². The van der Waals surface area contributed by atoms with Gasteiger partial charge in [-0.25, -0.2) is 4.98 Å². The van der Waals surface area contributed by atoms with Crippen LogP contribution in [0.5, 0.6) is 0 Å². The van der Waals surface area contributed by atoms with Gasteiger partial charge in [0, 0.05) is 56.1 Å². The maximum Gasteiger partial charge on any atom is 0.251 e. The van der Waals surface area contributed by atoms with Crippen LogP contribution in [0.3, 0.4) is 0 Å². The predicted octanol–water partition coefficient (Wildman–Crippen LogP) is 2.11. The third-order valence-corrected chi connectivity index (χ3v) is 5.90. The summed E-state index contributed by atoms with van der Waals surface area (Å²) in [5, 5.41) is 3.10. The molecule has 7 heteroatoms. The van der Waals surface area contributed by atoms with E-state index < -0.39 is 0 Å². The van der Waals surface area contributed by atoms with Gasteiger partial charge in [-0.1, -0.05) is 18.2 Å². The van der Waals surface area contributed by atoms with E-state index in [2.05, 4.69) is 20.2 Å². The first-order valence-electron chi connectivity index (χ1n) is 10.4. The first-order valence-corrected chi connectivity index (χ1v) is 10.4. The molecule has 7 nitrogen and oxygen atoms in total. The normalized spacial score (nSPS) is 18.5. The summed E-state index contributed by atoms with van der Waals surface area (Å²) in [7, 11) is 0. The van der Waals surface area contributed by atoms with Crippen molar-refractivity contribution in [2.45, 2.75) is 31.7 Å². The van der Waals surface area contributed by atoms with Crippen LogP contribution < -0.4 is 10.2 Å². The van der Waals surface area contributed by atoms with Gasteiger partial charge in [0.05, 0.1) is 6.20 Å². The van der Waals surface area contributed by atoms with Crippen LogP contribution in [0.25, 0.3) is 0 Å². The fourth-order valence-corrected chi connectivity index (χ4v) is 4.17. The van der Waals surface area contributed by atoms with Gasteiger partial charge in [0.1, 0.15) is 5.82 Å². The fourth-order valence-electron chi connectivity index (χ4n) is 4.17. The Kier molecular flexibility index (Phi) is 6.03. The number of carbonyl (C=O) groups excluding carboxylic acids is 2. The summed E-state index contributed by atoms with van der Waals surface area (Å²) in [6, 6.07) is 9.41. The van der Waals surface area contributed by atoms with Crippen LogP contribution in [0.4, 0.5) is 5.82 Å². The number of hydrogen-bond acceptors (Lipinski definition) is 5. The zero-order chi connectivity index (χ0) is 20.1. The number of carbonyl (C=O) groups is 2. The third kappa shape index (κ3) is 4.72. The van der Waals surface area contributed by atoms with E-state index >= 15 is 0 Å². The highest BCUT2D eigenvalue weighted by Crippen LogP contribution is 2.24. The summed E-state index contributed by atoms with van der Waals surface area (Å²) in [5.74, 6) is 1.19. The van der Waals surface area contributed by atoms with E-state index in [9.17, 15) is 9.59 Å². The summed E-state index contributed by atoms with van der Waals surface area (Å²) in [4.78, 5) is 37.9. The summed E-state index contributed by atoms with van der Waals surface area (Å²) in [6.45, 7) is 3.09. The van der Waals surface area contributed by atoms with Crippen molar-refractivity contribution >= 4 is 17.6 Å². The van der Waals surface area contributed by atoms with Gasteiger partial charge in [-0.3, -0.25) is 14.6 Å². The Labute approximate surface area is 171 Å². The molecule has 0 spiro atoms. The van der Waals surface area contributed by atoms with Gasteiger partial charge < -0.3 is 15.1 Å². The largest absolute Gasteiger partial charge is 0.355 e. The molecule has 0 bridgehead atoms. The lowest BCUT2D eigenvalue weighted by molar-refractivity contribution is -0.137. The first kappa shape index (κ1) is 19.4. The molecule has 1 aromatic carbocycles. The second-order valence-electron chi connectivity index (χ2n) is 7.76. The summed E-state index contributed by atoms with van der Waals surface area (Å²) < 4.78 is 0. The summed E-state index contributed by atoms with van der Waals surface area (Å²) >= 11 is 0. The van der Waals surface area contributed by atoms with Crippen LogP contribution in [-0.4, -0.2) is 58.9 Å². The summed E-state index contributed by atoms with van der Waals surface area (Å²) in [5.41, 5.74) is 0.681. The number of likely N-dealkylation sites (tertiary alicyclic amines) is 1. The molecule has 2 amide bonds. The SMILES string of the molecule is O=C(NC1CCN(C(=O)C2CCN(c3cnccn3)CC2)CC1)c1ccccc1. The van der Waals surface area contributed by atoms with Crippen LogP contribution in [-0.2, 0) is 4.79 Å². The van der Waals surface area contributed by atoms with Gasteiger partial charge in [-0.15, -0.1) is 0 Å². The van der Waals surface area contributed by atoms with Crippen molar-refractivity contribution in [3.8, 4) is 0 Å². The second kappa shape index (κ2) is 9.03. The van der Waals surface area contributed by atoms with Crippen molar-refractivity contribution in [2.24, 2.45) is 5.92 Å². The Bertz CT molecular complexity index is 814. The highest BCUT2D eigenvalue weighted by Gasteiger charge is 2.31. The summed E-state index contributed by atoms with van der Waals surface area (Å²) in [6.07, 6.45) is 8.46. The van der Waals surface area contributed by atoms with Gasteiger partial charge in [0.25, 0.3) is 5.91 Å². The predicted molar refractivity (Wildman–Crippen MR) is 110 cm³/mol. The smallest absolute Gasteiger partial charge is 0.251 e. The Morgan fingerprint density at radius 3 is 2.31 bits per heavy atom. The number of piperidine rings is 2. The quantitative estimate of drug-likeness (QED) is 0.861. The van der Waals surface area contributed by atoms with Gasteiger partial charge in [-0.05, 0) is 37.8 Å². The Morgan fingerprint density at radius 1 is 0.931 bits per heavy atom. The van der Waals surface area contributed by atoms with E-state index in [1.165, 1.54) is 0 Å². The van der Waals surface area contributed by atoms with Crippen molar-refractivity contribution < 1.29 is 9.59 Å². The van der Waals surface area contributed by atoms with E-state index in [-0.39, 0.29) is 23.8 Å². The van der Waals surface area contributed by atoms with Gasteiger partial charge in [0.2, 0.25) is 5.91 Å². The molecule has 2 saturated heterocycles. The Hall–Kier alpha value is -2.96. The van der Waals surface area contributed by atoms with E-state index in [1.807, 2.05) is 35.2 Å². The number of nitrogens with one attached hydrogen (secondary N) is 1. The Morgan fingerprint density at radius 2 is 1.66 bits per heavy atom. The highest BCUT2D eigenvalue weighted by atomic mass is 16.2. The first-order chi connectivity index (χ1) is 14.2. The zero-order valence-corrected chi connectivity index (χ0v) is 16.5. The molecule has 0 aliphatic carbocycles. The minimum atomic E-state index is -0.0354. The van der Waals surface area contributed by atoms with Crippen LogP contribution >= 0.6 is 0 Å². The molecule has 0 atom stereocenters. The molecular weight excluding hydrogens is 366 g/mol. The molecule has 1 aromatic heterocycles. The van der Waals surface area contributed by atoms with Crippen LogP contribution in [0.15, 0.2) is 48.9 Å². The number of aromatic nitrogens is 2. The standard InChI is InChI=1S/C22H27N5O2/c28-21(17-4-2-1-3-5-17)25-19-8-14-27(15-9-19)22(29)18-6-12-26(13-7-18)20-16-23-10-11-24-20/h1-5,10-11,16,18-19H,6-9,12-15H2,(H,25,28). The number of rotatable bonds is 4. The minimum absolute atomic E-state index is 0.0354. The van der Waals surface area contributed by atoms with Crippen molar-refractivity contribution in [1.82, 2.24) is 20.2 Å². The fraction of sp³-hybridized carbons (Fsp3) is 0.455. The molecule has 1 N–H and O–H groups in total. The van der Waals surface area contributed by atoms with E-state index in [1.54, 1.807) is 18.6 Å². The third-order valence-electron chi connectivity index (χ3n) is 5.90. The van der Waals surface area contributed by atoms with Gasteiger partial charge in [0.15, 0.2) is 0 Å². The molecule has 29 heavy (non-hydrogen) atoms. The van der Waals surface area contributed by atoms with Gasteiger partial charge in [-0.2, -0.15) is 0 Å². The maximum absolute atomic E-state index is 12.9. The lowest BCUT2D eigenvalue weighted by Gasteiger charge is -2.37. The van der Waals surface area contributed by atoms with E-state index in [0.29, 0.717) is 18.7 Å². The van der Waals surface area contributed by atoms with Crippen molar-refractivity contribution in [3.05, 3.63) is 54.5 Å². The number of hydrogen-bond donors (Lipinski definition) is 1. The minimum Gasteiger partial charge on any atom is -0.355 e. The topological polar surface area (TPSA) is 78.4 Å². The molecular formula is C22H27N5O2. The number of nitrogens with zero attached hydrogens (tertiary/aromatic N) is 4. The van der Waals surface area contributed by atoms with Crippen molar-refractivity contribution in [1.29, 1.82) is 0 Å². The molecule has 2 fully saturated rings. The average Bonchev–Trinajstić information content (AvgIpc) is 2.80. The van der Waals surface area contributed by atoms with E-state index in [0.717, 1.165) is 44.6 Å². The van der Waals surface area contributed by atoms with Crippen LogP contribution in [0.1, 0.15) is 36.0 Å². The zero-order valence-electron chi connectivity index (χ0n) is 16.5. The van der Waals surface area contributed by atoms with Crippen LogP contribution in [0, 0.1) is 5.92 Å². The van der Waals surface area contributed by atoms with Crippen molar-refractivity contribution in [2.75, 3.05) is 31.1 Å². The molecule has 2 aliphatic rings. The number of anilines is 1. The molecule has 3 heterocycles. The highest BCUT2D eigenvalue weighted by molar-refractivity contribution is 5.94. The molecule has 0 unspecified atom stereocenters. The molecule has 0 radical (unpaired) electrons. The second-order valence-corrected chi connectivity index (χ2v) is 7.76. The lowest BCUT2D eigenvalue weighted by atomic mass is 9.93. The molecule has 2 aromatic rings. The lowest BCUT2D eigenvalue weighted by Crippen LogP contribution is -2.49. The molecule has 2 aliphatic heterocycles. The van der Waals surface area contributed by atoms with Crippen molar-refractivity contribution in [3.63, 3.8) is 0 Å². The van der Waals surface area contributed by atoms with E-state index in [4.69, 9.17) is 0 Å². The Balaban J connectivity index is 1.23.